The van der Waals surface area contributed by atoms with Gasteiger partial charge < -0.3 is 5.32 Å². The molecule has 1 aromatic carbocycles. The molecule has 0 aliphatic carbocycles. The fraction of sp³-hybridized carbons (Fsp3) is 0.412. The topological polar surface area (TPSA) is 12.0 Å². The van der Waals surface area contributed by atoms with Gasteiger partial charge in [-0.05, 0) is 61.4 Å². The molecule has 2 rings (SSSR count). The number of benzene rings is 1. The van der Waals surface area contributed by atoms with Crippen molar-refractivity contribution in [3.63, 3.8) is 0 Å². The number of hydrogen-bond donors (Lipinski definition) is 1. The molecular formula is C17H23NS. The molecule has 102 valence electrons. The average molecular weight is 273 g/mol. The summed E-state index contributed by atoms with van der Waals surface area (Å²) in [5.41, 5.74) is 4.11. The van der Waals surface area contributed by atoms with Crippen LogP contribution in [-0.2, 0) is 6.42 Å². The molecule has 0 bridgehead atoms. The zero-order valence-electron chi connectivity index (χ0n) is 12.1. The van der Waals surface area contributed by atoms with E-state index >= 15 is 0 Å². The molecule has 1 unspecified atom stereocenters. The van der Waals surface area contributed by atoms with Gasteiger partial charge in [0.25, 0.3) is 0 Å². The van der Waals surface area contributed by atoms with Gasteiger partial charge in [0.1, 0.15) is 0 Å². The first-order chi connectivity index (χ1) is 9.20. The highest BCUT2D eigenvalue weighted by Gasteiger charge is 2.05. The fourth-order valence-corrected chi connectivity index (χ4v) is 3.04. The average Bonchev–Trinajstić information content (AvgIpc) is 2.83. The Bertz CT molecular complexity index is 498. The van der Waals surface area contributed by atoms with E-state index in [4.69, 9.17) is 0 Å². The van der Waals surface area contributed by atoms with Gasteiger partial charge in [0.05, 0.1) is 0 Å². The zero-order chi connectivity index (χ0) is 13.7. The molecule has 0 spiro atoms. The molecule has 1 atom stereocenters. The molecular weight excluding hydrogens is 250 g/mol. The van der Waals surface area contributed by atoms with Crippen molar-refractivity contribution < 1.29 is 0 Å². The van der Waals surface area contributed by atoms with Crippen molar-refractivity contribution in [2.45, 2.75) is 39.7 Å². The molecule has 0 radical (unpaired) electrons. The van der Waals surface area contributed by atoms with Crippen LogP contribution in [-0.4, -0.2) is 12.6 Å². The first-order valence-electron chi connectivity index (χ1n) is 7.07. The number of rotatable bonds is 6. The molecule has 0 saturated carbocycles. The second-order valence-electron chi connectivity index (χ2n) is 5.15. The van der Waals surface area contributed by atoms with E-state index in [2.05, 4.69) is 61.8 Å². The van der Waals surface area contributed by atoms with E-state index in [0.29, 0.717) is 6.04 Å². The monoisotopic (exact) mass is 273 g/mol. The lowest BCUT2D eigenvalue weighted by atomic mass is 10.0. The minimum absolute atomic E-state index is 0.550. The molecule has 0 aliphatic heterocycles. The predicted octanol–water partition coefficient (Wildman–Crippen LogP) is 4.65. The highest BCUT2D eigenvalue weighted by molar-refractivity contribution is 7.10. The van der Waals surface area contributed by atoms with Crippen LogP contribution >= 0.6 is 11.3 Å². The molecule has 0 amide bonds. The van der Waals surface area contributed by atoms with Gasteiger partial charge in [0.15, 0.2) is 0 Å². The van der Waals surface area contributed by atoms with E-state index < -0.39 is 0 Å². The SMILES string of the molecule is CCCNC(C)Cc1ccc(-c2ccsc2C)cc1. The predicted molar refractivity (Wildman–Crippen MR) is 86.0 cm³/mol. The minimum Gasteiger partial charge on any atom is -0.314 e. The summed E-state index contributed by atoms with van der Waals surface area (Å²) in [4.78, 5) is 1.39. The number of hydrogen-bond acceptors (Lipinski definition) is 2. The Balaban J connectivity index is 2.01. The van der Waals surface area contributed by atoms with Gasteiger partial charge in [0.2, 0.25) is 0 Å². The summed E-state index contributed by atoms with van der Waals surface area (Å²) in [6.45, 7) is 7.75. The van der Waals surface area contributed by atoms with Crippen LogP contribution in [0.5, 0.6) is 0 Å². The maximum absolute atomic E-state index is 3.53. The molecule has 2 heteroatoms. The maximum atomic E-state index is 3.53. The van der Waals surface area contributed by atoms with Crippen molar-refractivity contribution >= 4 is 11.3 Å². The van der Waals surface area contributed by atoms with Gasteiger partial charge >= 0.3 is 0 Å². The smallest absolute Gasteiger partial charge is 0.00925 e. The van der Waals surface area contributed by atoms with Crippen LogP contribution in [0.25, 0.3) is 11.1 Å². The molecule has 1 N–H and O–H groups in total. The minimum atomic E-state index is 0.550. The molecule has 1 aromatic heterocycles. The summed E-state index contributed by atoms with van der Waals surface area (Å²) in [7, 11) is 0. The third kappa shape index (κ3) is 3.92. The number of aryl methyl sites for hydroxylation is 1. The van der Waals surface area contributed by atoms with E-state index in [1.54, 1.807) is 0 Å². The number of nitrogens with one attached hydrogen (secondary N) is 1. The van der Waals surface area contributed by atoms with Crippen molar-refractivity contribution in [2.24, 2.45) is 0 Å². The quantitative estimate of drug-likeness (QED) is 0.807. The first kappa shape index (κ1) is 14.3. The Morgan fingerprint density at radius 3 is 2.47 bits per heavy atom. The van der Waals surface area contributed by atoms with Gasteiger partial charge in [-0.2, -0.15) is 0 Å². The van der Waals surface area contributed by atoms with Gasteiger partial charge in [-0.3, -0.25) is 0 Å². The van der Waals surface area contributed by atoms with Crippen LogP contribution in [0.1, 0.15) is 30.7 Å². The molecule has 0 fully saturated rings. The summed E-state index contributed by atoms with van der Waals surface area (Å²) in [6.07, 6.45) is 2.30. The molecule has 1 heterocycles. The summed E-state index contributed by atoms with van der Waals surface area (Å²) in [5, 5.41) is 5.70. The van der Waals surface area contributed by atoms with E-state index in [1.165, 1.54) is 28.0 Å². The van der Waals surface area contributed by atoms with E-state index in [0.717, 1.165) is 13.0 Å². The third-order valence-electron chi connectivity index (χ3n) is 3.41. The fourth-order valence-electron chi connectivity index (χ4n) is 2.32. The zero-order valence-corrected chi connectivity index (χ0v) is 12.9. The van der Waals surface area contributed by atoms with Crippen molar-refractivity contribution in [3.8, 4) is 11.1 Å². The summed E-state index contributed by atoms with van der Waals surface area (Å²) in [6, 6.07) is 11.8. The van der Waals surface area contributed by atoms with E-state index in [9.17, 15) is 0 Å². The van der Waals surface area contributed by atoms with Crippen LogP contribution in [0.15, 0.2) is 35.7 Å². The largest absolute Gasteiger partial charge is 0.314 e. The first-order valence-corrected chi connectivity index (χ1v) is 7.95. The Kier molecular flexibility index (Phi) is 5.17. The molecule has 0 saturated heterocycles. The highest BCUT2D eigenvalue weighted by atomic mass is 32.1. The maximum Gasteiger partial charge on any atom is 0.00925 e. The van der Waals surface area contributed by atoms with Gasteiger partial charge in [-0.15, -0.1) is 11.3 Å². The highest BCUT2D eigenvalue weighted by Crippen LogP contribution is 2.27. The molecule has 19 heavy (non-hydrogen) atoms. The lowest BCUT2D eigenvalue weighted by Crippen LogP contribution is -2.28. The van der Waals surface area contributed by atoms with E-state index in [-0.39, 0.29) is 0 Å². The normalized spacial score (nSPS) is 12.6. The van der Waals surface area contributed by atoms with Crippen molar-refractivity contribution in [1.29, 1.82) is 0 Å². The summed E-state index contributed by atoms with van der Waals surface area (Å²) >= 11 is 1.81. The second-order valence-corrected chi connectivity index (χ2v) is 6.27. The van der Waals surface area contributed by atoms with Crippen LogP contribution in [0, 0.1) is 6.92 Å². The van der Waals surface area contributed by atoms with Crippen LogP contribution < -0.4 is 5.32 Å². The second kappa shape index (κ2) is 6.88. The number of thiophene rings is 1. The van der Waals surface area contributed by atoms with Gasteiger partial charge in [-0.25, -0.2) is 0 Å². The van der Waals surface area contributed by atoms with Crippen molar-refractivity contribution in [1.82, 2.24) is 5.32 Å². The molecule has 0 aliphatic rings. The lowest BCUT2D eigenvalue weighted by Gasteiger charge is -2.13. The third-order valence-corrected chi connectivity index (χ3v) is 4.25. The van der Waals surface area contributed by atoms with Crippen molar-refractivity contribution in [3.05, 3.63) is 46.2 Å². The van der Waals surface area contributed by atoms with Crippen LogP contribution in [0.2, 0.25) is 0 Å². The lowest BCUT2D eigenvalue weighted by molar-refractivity contribution is 0.543. The van der Waals surface area contributed by atoms with Crippen LogP contribution in [0.4, 0.5) is 0 Å². The van der Waals surface area contributed by atoms with Crippen LogP contribution in [0.3, 0.4) is 0 Å². The Morgan fingerprint density at radius 1 is 1.16 bits per heavy atom. The summed E-state index contributed by atoms with van der Waals surface area (Å²) < 4.78 is 0. The molecule has 2 aromatic rings. The Hall–Kier alpha value is -1.12. The van der Waals surface area contributed by atoms with Crippen molar-refractivity contribution in [2.75, 3.05) is 6.54 Å². The van der Waals surface area contributed by atoms with Gasteiger partial charge in [0, 0.05) is 10.9 Å². The summed E-state index contributed by atoms with van der Waals surface area (Å²) in [5.74, 6) is 0. The Labute approximate surface area is 120 Å². The Morgan fingerprint density at radius 2 is 1.89 bits per heavy atom. The molecule has 1 nitrogen and oxygen atoms in total. The standard InChI is InChI=1S/C17H23NS/c1-4-10-18-13(2)12-15-5-7-16(8-6-15)17-9-11-19-14(17)3/h5-9,11,13,18H,4,10,12H2,1-3H3. The van der Waals surface area contributed by atoms with E-state index in [1.807, 2.05) is 11.3 Å². The van der Waals surface area contributed by atoms with Gasteiger partial charge in [-0.1, -0.05) is 31.2 Å².